The van der Waals surface area contributed by atoms with Gasteiger partial charge in [-0.1, -0.05) is 57.0 Å². The normalized spacial score (nSPS) is 22.2. The molecule has 0 amide bonds. The predicted octanol–water partition coefficient (Wildman–Crippen LogP) is 4.93. The van der Waals surface area contributed by atoms with E-state index in [-0.39, 0.29) is 17.1 Å². The van der Waals surface area contributed by atoms with Crippen LogP contribution in [0.1, 0.15) is 58.1 Å². The van der Waals surface area contributed by atoms with Crippen LogP contribution in [0.3, 0.4) is 0 Å². The number of rotatable bonds is 7. The van der Waals surface area contributed by atoms with Gasteiger partial charge in [0.2, 0.25) is 0 Å². The van der Waals surface area contributed by atoms with Crippen LogP contribution in [0.4, 0.5) is 11.5 Å². The Balaban J connectivity index is 1.19. The van der Waals surface area contributed by atoms with E-state index < -0.39 is 10.2 Å². The number of nitrogens with one attached hydrogen (secondary N) is 2. The Morgan fingerprint density at radius 3 is 2.58 bits per heavy atom. The van der Waals surface area contributed by atoms with Crippen LogP contribution in [0, 0.1) is 16.7 Å². The van der Waals surface area contributed by atoms with Crippen LogP contribution in [0.5, 0.6) is 0 Å². The van der Waals surface area contributed by atoms with Gasteiger partial charge in [-0.15, -0.1) is 4.40 Å². The average molecular weight is 675 g/mol. The van der Waals surface area contributed by atoms with Crippen LogP contribution >= 0.6 is 23.2 Å². The molecule has 0 spiro atoms. The van der Waals surface area contributed by atoms with Crippen LogP contribution in [-0.2, 0) is 16.8 Å². The number of hydrogen-bond donors (Lipinski definition) is 2. The summed E-state index contributed by atoms with van der Waals surface area (Å²) in [5, 5.41) is 13.6. The van der Waals surface area contributed by atoms with Crippen molar-refractivity contribution in [3.8, 4) is 6.07 Å². The van der Waals surface area contributed by atoms with Crippen molar-refractivity contribution in [3.63, 3.8) is 0 Å². The Morgan fingerprint density at radius 2 is 1.91 bits per heavy atom. The number of anilines is 2. The molecule has 2 aromatic rings. The third-order valence-electron chi connectivity index (χ3n) is 8.37. The van der Waals surface area contributed by atoms with E-state index in [0.29, 0.717) is 45.7 Å². The molecule has 1 aromatic carbocycles. The first kappa shape index (κ1) is 33.4. The van der Waals surface area contributed by atoms with Gasteiger partial charge >= 0.3 is 10.2 Å². The van der Waals surface area contributed by atoms with E-state index in [1.807, 2.05) is 32.9 Å². The Kier molecular flexibility index (Phi) is 10.3. The minimum atomic E-state index is -3.85. The van der Waals surface area contributed by atoms with Crippen molar-refractivity contribution in [1.82, 2.24) is 19.5 Å². The van der Waals surface area contributed by atoms with Crippen molar-refractivity contribution >= 4 is 56.6 Å². The largest absolute Gasteiger partial charge is 0.353 e. The van der Waals surface area contributed by atoms with Gasteiger partial charge in [0.15, 0.2) is 11.7 Å². The first-order chi connectivity index (χ1) is 21.3. The number of nitriles is 1. The minimum Gasteiger partial charge on any atom is -0.353 e. The van der Waals surface area contributed by atoms with Gasteiger partial charge in [0.25, 0.3) is 0 Å². The van der Waals surface area contributed by atoms with Crippen molar-refractivity contribution in [2.45, 2.75) is 65.6 Å². The average Bonchev–Trinajstić information content (AvgIpc) is 3.29. The molecule has 1 atom stereocenters. The van der Waals surface area contributed by atoms with E-state index in [4.69, 9.17) is 23.2 Å². The van der Waals surface area contributed by atoms with Crippen molar-refractivity contribution in [2.24, 2.45) is 14.8 Å². The third-order valence-corrected chi connectivity index (χ3v) is 9.76. The molecule has 3 aliphatic rings. The smallest absolute Gasteiger partial charge is 0.345 e. The Hall–Kier alpha value is -2.95. The highest BCUT2D eigenvalue weighted by molar-refractivity contribution is 7.89. The number of piperidine rings is 1. The third kappa shape index (κ3) is 8.45. The van der Waals surface area contributed by atoms with E-state index in [0.717, 1.165) is 64.1 Å². The van der Waals surface area contributed by atoms with Crippen molar-refractivity contribution in [2.75, 3.05) is 49.5 Å². The molecule has 2 fully saturated rings. The second kappa shape index (κ2) is 13.8. The molecule has 3 aliphatic heterocycles. The molecule has 0 radical (unpaired) electrons. The summed E-state index contributed by atoms with van der Waals surface area (Å²) in [6.45, 7) is 14.0. The molecule has 45 heavy (non-hydrogen) atoms. The number of aromatic nitrogens is 1. The summed E-state index contributed by atoms with van der Waals surface area (Å²) < 4.78 is 30.4. The fourth-order valence-electron chi connectivity index (χ4n) is 6.08. The minimum absolute atomic E-state index is 0.114. The summed E-state index contributed by atoms with van der Waals surface area (Å²) in [4.78, 5) is 16.4. The molecule has 0 saturated carbocycles. The topological polar surface area (TPSA) is 129 Å². The summed E-state index contributed by atoms with van der Waals surface area (Å²) in [5.74, 6) is 1.01. The summed E-state index contributed by atoms with van der Waals surface area (Å²) in [6.07, 6.45) is 4.83. The highest BCUT2D eigenvalue weighted by atomic mass is 35.5. The highest BCUT2D eigenvalue weighted by Gasteiger charge is 2.34. The number of likely N-dealkylation sites (tertiary alicyclic amines) is 1. The number of nitrogens with zero attached hydrogens (tertiary/aromatic N) is 7. The van der Waals surface area contributed by atoms with E-state index in [1.54, 1.807) is 18.3 Å². The van der Waals surface area contributed by atoms with Crippen LogP contribution in [-0.4, -0.2) is 86.2 Å². The maximum absolute atomic E-state index is 12.1. The summed E-state index contributed by atoms with van der Waals surface area (Å²) >= 11 is 12.8. The number of aliphatic imine (C=N–C) groups is 1. The molecule has 0 bridgehead atoms. The highest BCUT2D eigenvalue weighted by Crippen LogP contribution is 2.31. The van der Waals surface area contributed by atoms with Crippen molar-refractivity contribution in [1.29, 1.82) is 5.26 Å². The number of hydrogen-bond acceptors (Lipinski definition) is 9. The van der Waals surface area contributed by atoms with Crippen LogP contribution in [0.2, 0.25) is 10.0 Å². The van der Waals surface area contributed by atoms with Gasteiger partial charge in [-0.2, -0.15) is 13.7 Å². The first-order valence-electron chi connectivity index (χ1n) is 15.4. The molecule has 0 aliphatic carbocycles. The SMILES string of the molecule is CC[C@H]1CN(c2ncc(NC3=NS(=O)(=O)NC3=NCC(C)(C)C)cc2Cl)CCN1C1CCN(Cc2ccc(Cl)cc2C#N)CC1. The zero-order valence-electron chi connectivity index (χ0n) is 26.2. The van der Waals surface area contributed by atoms with Gasteiger partial charge in [-0.25, -0.2) is 9.71 Å². The van der Waals surface area contributed by atoms with Gasteiger partial charge in [-0.3, -0.25) is 14.8 Å². The number of pyridine rings is 1. The van der Waals surface area contributed by atoms with Gasteiger partial charge in [0.05, 0.1) is 28.5 Å². The molecule has 1 aromatic heterocycles. The molecule has 14 heteroatoms. The quantitative estimate of drug-likeness (QED) is 0.423. The lowest BCUT2D eigenvalue weighted by atomic mass is 9.97. The van der Waals surface area contributed by atoms with Gasteiger partial charge in [0.1, 0.15) is 5.82 Å². The van der Waals surface area contributed by atoms with Gasteiger partial charge in [0, 0.05) is 49.8 Å². The fraction of sp³-hybridized carbons (Fsp3) is 0.548. The lowest BCUT2D eigenvalue weighted by Crippen LogP contribution is -2.58. The monoisotopic (exact) mass is 673 g/mol. The molecule has 2 saturated heterocycles. The van der Waals surface area contributed by atoms with Crippen molar-refractivity contribution < 1.29 is 8.42 Å². The number of piperazine rings is 1. The maximum Gasteiger partial charge on any atom is 0.345 e. The second-order valence-corrected chi connectivity index (χ2v) is 15.2. The molecular weight excluding hydrogens is 633 g/mol. The Labute approximate surface area is 276 Å². The number of amidine groups is 2. The lowest BCUT2D eigenvalue weighted by Gasteiger charge is -2.47. The molecule has 0 unspecified atom stereocenters. The Bertz CT molecular complexity index is 1610. The fourth-order valence-corrected chi connectivity index (χ4v) is 7.36. The van der Waals surface area contributed by atoms with Gasteiger partial charge in [-0.05, 0) is 61.5 Å². The first-order valence-corrected chi connectivity index (χ1v) is 17.6. The predicted molar refractivity (Wildman–Crippen MR) is 182 cm³/mol. The van der Waals surface area contributed by atoms with Crippen molar-refractivity contribution in [3.05, 3.63) is 51.6 Å². The lowest BCUT2D eigenvalue weighted by molar-refractivity contribution is 0.0610. The molecule has 4 heterocycles. The number of halogens is 2. The zero-order chi connectivity index (χ0) is 32.4. The summed E-state index contributed by atoms with van der Waals surface area (Å²) in [7, 11) is -3.85. The summed E-state index contributed by atoms with van der Waals surface area (Å²) in [5.41, 5.74) is 2.09. The maximum atomic E-state index is 12.1. The van der Waals surface area contributed by atoms with Gasteiger partial charge < -0.3 is 10.2 Å². The van der Waals surface area contributed by atoms with E-state index in [9.17, 15) is 13.7 Å². The molecule has 5 rings (SSSR count). The Morgan fingerprint density at radius 1 is 1.16 bits per heavy atom. The van der Waals surface area contributed by atoms with E-state index in [1.165, 1.54) is 0 Å². The molecule has 242 valence electrons. The summed E-state index contributed by atoms with van der Waals surface area (Å²) in [6, 6.07) is 10.5. The number of benzene rings is 1. The molecule has 11 nitrogen and oxygen atoms in total. The van der Waals surface area contributed by atoms with Crippen LogP contribution in [0.25, 0.3) is 0 Å². The second-order valence-electron chi connectivity index (χ2n) is 13.1. The standard InChI is InChI=1S/C31H41Cl2N9O2S/c1-5-25-19-41(12-13-42(25)26-8-10-40(11-9-26)18-21-6-7-23(32)14-22(21)16-34)30-27(33)15-24(17-35-30)37-29-28(36-20-31(2,3)4)38-45(43,44)39-29/h6-7,14-15,17,25-26H,5,8-13,18-20H2,1-4H3,(H,36,38)(H,37,39)/t25-/m0/s1. The molecule has 2 N–H and O–H groups in total. The van der Waals surface area contributed by atoms with E-state index >= 15 is 0 Å². The molecular formula is C31H41Cl2N9O2S. The van der Waals surface area contributed by atoms with Crippen LogP contribution < -0.4 is 14.9 Å². The zero-order valence-corrected chi connectivity index (χ0v) is 28.6. The van der Waals surface area contributed by atoms with Crippen LogP contribution in [0.15, 0.2) is 39.9 Å². The van der Waals surface area contributed by atoms with E-state index in [2.05, 4.69) is 52.1 Å².